The van der Waals surface area contributed by atoms with E-state index in [1.807, 2.05) is 62.4 Å². The van der Waals surface area contributed by atoms with Crippen molar-refractivity contribution in [3.63, 3.8) is 0 Å². The highest BCUT2D eigenvalue weighted by atomic mass is 16.6. The Balaban J connectivity index is 1.24. The number of alkyl carbamates (subject to hydrolysis) is 1. The molecule has 1 heterocycles. The van der Waals surface area contributed by atoms with Crippen LogP contribution in [0.25, 0.3) is 11.1 Å². The zero-order valence-corrected chi connectivity index (χ0v) is 19.2. The van der Waals surface area contributed by atoms with Crippen LogP contribution in [-0.2, 0) is 20.8 Å². The first-order chi connectivity index (χ1) is 16.5. The van der Waals surface area contributed by atoms with Gasteiger partial charge in [0.2, 0.25) is 5.90 Å². The standard InChI is InChI=1S/C28H26N2O4/c1-17(2)25(27(31)34-26-19-10-4-3-9-18(19)15-29-26)30-28(32)33-16-24-22-13-7-5-11-20(22)21-12-6-8-14-23(21)24/h3-14,17,24-25H,15-16H2,1-2H3,(H,30,32)/t25-/m0/s1. The second-order valence-electron chi connectivity index (χ2n) is 8.89. The first-order valence-corrected chi connectivity index (χ1v) is 11.5. The summed E-state index contributed by atoms with van der Waals surface area (Å²) >= 11 is 0. The van der Waals surface area contributed by atoms with Crippen LogP contribution in [0.15, 0.2) is 77.8 Å². The number of esters is 1. The number of carbonyl (C=O) groups is 2. The lowest BCUT2D eigenvalue weighted by molar-refractivity contribution is -0.138. The Hall–Kier alpha value is -3.93. The molecule has 3 aromatic carbocycles. The Bertz CT molecular complexity index is 1240. The minimum absolute atomic E-state index is 0.0491. The molecular formula is C28H26N2O4. The van der Waals surface area contributed by atoms with Gasteiger partial charge in [-0.2, -0.15) is 0 Å². The fourth-order valence-corrected chi connectivity index (χ4v) is 4.62. The fraction of sp³-hybridized carbons (Fsp3) is 0.250. The van der Waals surface area contributed by atoms with Gasteiger partial charge >= 0.3 is 12.1 Å². The smallest absolute Gasteiger partial charge is 0.407 e. The van der Waals surface area contributed by atoms with Crippen LogP contribution in [-0.4, -0.2) is 30.6 Å². The molecular weight excluding hydrogens is 428 g/mol. The summed E-state index contributed by atoms with van der Waals surface area (Å²) in [6.45, 7) is 4.35. The molecule has 1 aliphatic heterocycles. The largest absolute Gasteiger partial charge is 0.449 e. The fourth-order valence-electron chi connectivity index (χ4n) is 4.62. The predicted molar refractivity (Wildman–Crippen MR) is 130 cm³/mol. The number of nitrogens with zero attached hydrogens (tertiary/aromatic N) is 1. The number of benzene rings is 3. The SMILES string of the molecule is CC(C)[C@H](NC(=O)OCC1c2ccccc2-c2ccccc21)C(=O)OC1=NCc2ccccc21. The number of ether oxygens (including phenoxy) is 2. The molecule has 34 heavy (non-hydrogen) atoms. The van der Waals surface area contributed by atoms with Gasteiger partial charge in [0.1, 0.15) is 12.6 Å². The van der Waals surface area contributed by atoms with Crippen molar-refractivity contribution < 1.29 is 19.1 Å². The quantitative estimate of drug-likeness (QED) is 0.547. The molecule has 1 N–H and O–H groups in total. The van der Waals surface area contributed by atoms with Gasteiger partial charge in [0.25, 0.3) is 0 Å². The third-order valence-corrected chi connectivity index (χ3v) is 6.38. The zero-order chi connectivity index (χ0) is 23.7. The third-order valence-electron chi connectivity index (χ3n) is 6.38. The maximum absolute atomic E-state index is 12.9. The van der Waals surface area contributed by atoms with E-state index in [1.54, 1.807) is 0 Å². The van der Waals surface area contributed by atoms with Crippen LogP contribution >= 0.6 is 0 Å². The summed E-state index contributed by atoms with van der Waals surface area (Å²) in [5.41, 5.74) is 6.40. The van der Waals surface area contributed by atoms with Crippen LogP contribution in [0.3, 0.4) is 0 Å². The van der Waals surface area contributed by atoms with E-state index in [9.17, 15) is 9.59 Å². The van der Waals surface area contributed by atoms with Gasteiger partial charge in [-0.25, -0.2) is 14.6 Å². The summed E-state index contributed by atoms with van der Waals surface area (Å²) in [6, 6.07) is 23.1. The zero-order valence-electron chi connectivity index (χ0n) is 19.2. The van der Waals surface area contributed by atoms with Gasteiger partial charge in [-0.15, -0.1) is 0 Å². The number of amides is 1. The highest BCUT2D eigenvalue weighted by molar-refractivity contribution is 6.04. The first kappa shape index (κ1) is 21.9. The Labute approximate surface area is 198 Å². The molecule has 0 unspecified atom stereocenters. The number of hydrogen-bond acceptors (Lipinski definition) is 5. The van der Waals surface area contributed by atoms with Crippen molar-refractivity contribution >= 4 is 18.0 Å². The number of nitrogens with one attached hydrogen (secondary N) is 1. The molecule has 1 aliphatic carbocycles. The maximum Gasteiger partial charge on any atom is 0.407 e. The summed E-state index contributed by atoms with van der Waals surface area (Å²) in [7, 11) is 0. The van der Waals surface area contributed by atoms with Gasteiger partial charge in [-0.05, 0) is 39.8 Å². The average Bonchev–Trinajstić information content (AvgIpc) is 3.40. The van der Waals surface area contributed by atoms with E-state index in [1.165, 1.54) is 0 Å². The Morgan fingerprint density at radius 2 is 1.50 bits per heavy atom. The number of fused-ring (bicyclic) bond motifs is 4. The molecule has 5 rings (SSSR count). The molecule has 0 saturated heterocycles. The molecule has 172 valence electrons. The van der Waals surface area contributed by atoms with E-state index >= 15 is 0 Å². The number of aliphatic imine (C=N–C) groups is 1. The number of rotatable bonds is 5. The molecule has 6 heteroatoms. The maximum atomic E-state index is 12.9. The third kappa shape index (κ3) is 4.07. The predicted octanol–water partition coefficient (Wildman–Crippen LogP) is 5.05. The van der Waals surface area contributed by atoms with E-state index in [-0.39, 0.29) is 18.4 Å². The molecule has 0 aromatic heterocycles. The van der Waals surface area contributed by atoms with Gasteiger partial charge < -0.3 is 14.8 Å². The molecule has 0 spiro atoms. The summed E-state index contributed by atoms with van der Waals surface area (Å²) in [6.07, 6.45) is -0.647. The normalized spacial score (nSPS) is 14.6. The summed E-state index contributed by atoms with van der Waals surface area (Å²) in [5, 5.41) is 2.70. The molecule has 6 nitrogen and oxygen atoms in total. The topological polar surface area (TPSA) is 77.0 Å². The second kappa shape index (κ2) is 9.14. The van der Waals surface area contributed by atoms with Crippen LogP contribution in [0, 0.1) is 5.92 Å². The molecule has 0 fully saturated rings. The van der Waals surface area contributed by atoms with Crippen LogP contribution in [0.2, 0.25) is 0 Å². The molecule has 0 bridgehead atoms. The lowest BCUT2D eigenvalue weighted by Crippen LogP contribution is -2.46. The number of hydrogen-bond donors (Lipinski definition) is 1. The second-order valence-corrected chi connectivity index (χ2v) is 8.89. The van der Waals surface area contributed by atoms with E-state index in [4.69, 9.17) is 9.47 Å². The molecule has 0 saturated carbocycles. The molecule has 0 radical (unpaired) electrons. The van der Waals surface area contributed by atoms with E-state index in [0.717, 1.165) is 33.4 Å². The molecule has 2 aliphatic rings. The minimum atomic E-state index is -0.855. The highest BCUT2D eigenvalue weighted by Gasteiger charge is 2.32. The van der Waals surface area contributed by atoms with Gasteiger partial charge in [0, 0.05) is 11.5 Å². The van der Waals surface area contributed by atoms with Crippen molar-refractivity contribution in [3.05, 3.63) is 95.1 Å². The highest BCUT2D eigenvalue weighted by Crippen LogP contribution is 2.44. The van der Waals surface area contributed by atoms with Crippen LogP contribution < -0.4 is 5.32 Å². The van der Waals surface area contributed by atoms with Crippen molar-refractivity contribution in [2.75, 3.05) is 6.61 Å². The van der Waals surface area contributed by atoms with Crippen molar-refractivity contribution in [3.8, 4) is 11.1 Å². The molecule has 3 aromatic rings. The minimum Gasteiger partial charge on any atom is -0.449 e. The van der Waals surface area contributed by atoms with E-state index in [0.29, 0.717) is 12.4 Å². The lowest BCUT2D eigenvalue weighted by Gasteiger charge is -2.21. The Kier molecular flexibility index (Phi) is 5.88. The van der Waals surface area contributed by atoms with Gasteiger partial charge in [-0.3, -0.25) is 0 Å². The average molecular weight is 455 g/mol. The van der Waals surface area contributed by atoms with Crippen molar-refractivity contribution in [1.82, 2.24) is 5.32 Å². The van der Waals surface area contributed by atoms with Crippen LogP contribution in [0.1, 0.15) is 42.0 Å². The Morgan fingerprint density at radius 1 is 0.912 bits per heavy atom. The van der Waals surface area contributed by atoms with Crippen LogP contribution in [0.4, 0.5) is 4.79 Å². The monoisotopic (exact) mass is 454 g/mol. The van der Waals surface area contributed by atoms with Gasteiger partial charge in [-0.1, -0.05) is 80.6 Å². The van der Waals surface area contributed by atoms with E-state index in [2.05, 4.69) is 34.6 Å². The summed E-state index contributed by atoms with van der Waals surface area (Å²) in [5.74, 6) is -0.503. The summed E-state index contributed by atoms with van der Waals surface area (Å²) < 4.78 is 11.2. The Morgan fingerprint density at radius 3 is 2.15 bits per heavy atom. The van der Waals surface area contributed by atoms with Crippen molar-refractivity contribution in [2.45, 2.75) is 32.4 Å². The van der Waals surface area contributed by atoms with Crippen molar-refractivity contribution in [2.24, 2.45) is 10.9 Å². The van der Waals surface area contributed by atoms with Gasteiger partial charge in [0.15, 0.2) is 0 Å². The summed E-state index contributed by atoms with van der Waals surface area (Å²) in [4.78, 5) is 29.9. The van der Waals surface area contributed by atoms with Crippen LogP contribution in [0.5, 0.6) is 0 Å². The van der Waals surface area contributed by atoms with Crippen molar-refractivity contribution in [1.29, 1.82) is 0 Å². The van der Waals surface area contributed by atoms with Gasteiger partial charge in [0.05, 0.1) is 6.54 Å². The lowest BCUT2D eigenvalue weighted by atomic mass is 9.98. The van der Waals surface area contributed by atoms with E-state index < -0.39 is 18.1 Å². The first-order valence-electron chi connectivity index (χ1n) is 11.5. The molecule has 1 atom stereocenters. The molecule has 1 amide bonds. The number of carbonyl (C=O) groups excluding carboxylic acids is 2.